The van der Waals surface area contributed by atoms with Crippen LogP contribution >= 0.6 is 0 Å². The molecule has 0 aliphatic carbocycles. The number of hydrogen-bond donors (Lipinski definition) is 2. The molecule has 1 aromatic heterocycles. The second-order valence-electron chi connectivity index (χ2n) is 3.62. The number of benzene rings is 1. The highest BCUT2D eigenvalue weighted by molar-refractivity contribution is 5.87. The van der Waals surface area contributed by atoms with Gasteiger partial charge in [0, 0.05) is 0 Å². The summed E-state index contributed by atoms with van der Waals surface area (Å²) in [5.41, 5.74) is 1.47. The van der Waals surface area contributed by atoms with Crippen LogP contribution in [-0.4, -0.2) is 26.0 Å². The van der Waals surface area contributed by atoms with Gasteiger partial charge < -0.3 is 10.2 Å². The summed E-state index contributed by atoms with van der Waals surface area (Å²) in [5.74, 6) is -0.682. The lowest BCUT2D eigenvalue weighted by Crippen LogP contribution is -2.05. The average molecular weight is 220 g/mol. The predicted molar refractivity (Wildman–Crippen MR) is 58.4 cm³/mol. The zero-order valence-corrected chi connectivity index (χ0v) is 8.84. The standard InChI is InChI=1S/C11H12N2O3/c1-7-11-8(3-2-4-9(11)14)13(12-7)6-5-10(15)16/h2-4,14H,5-6H2,1H3,(H,15,16). The Bertz CT molecular complexity index is 545. The molecule has 0 radical (unpaired) electrons. The van der Waals surface area contributed by atoms with Gasteiger partial charge in [0.25, 0.3) is 0 Å². The highest BCUT2D eigenvalue weighted by Gasteiger charge is 2.11. The van der Waals surface area contributed by atoms with Gasteiger partial charge in [-0.3, -0.25) is 9.48 Å². The monoisotopic (exact) mass is 220 g/mol. The number of carbonyl (C=O) groups is 1. The van der Waals surface area contributed by atoms with E-state index in [-0.39, 0.29) is 12.2 Å². The van der Waals surface area contributed by atoms with Crippen LogP contribution in [0.4, 0.5) is 0 Å². The highest BCUT2D eigenvalue weighted by Crippen LogP contribution is 2.27. The first-order valence-corrected chi connectivity index (χ1v) is 4.96. The van der Waals surface area contributed by atoms with Gasteiger partial charge in [0.2, 0.25) is 0 Å². The molecule has 1 heterocycles. The minimum absolute atomic E-state index is 0.0197. The third-order valence-corrected chi connectivity index (χ3v) is 2.47. The summed E-state index contributed by atoms with van der Waals surface area (Å²) in [6, 6.07) is 5.13. The summed E-state index contributed by atoms with van der Waals surface area (Å²) in [7, 11) is 0. The quantitative estimate of drug-likeness (QED) is 0.822. The van der Waals surface area contributed by atoms with Crippen molar-refractivity contribution in [3.8, 4) is 5.75 Å². The third-order valence-electron chi connectivity index (χ3n) is 2.47. The molecule has 0 spiro atoms. The topological polar surface area (TPSA) is 75.4 Å². The summed E-state index contributed by atoms with van der Waals surface area (Å²) in [6.45, 7) is 2.10. The maximum Gasteiger partial charge on any atom is 0.305 e. The molecule has 5 nitrogen and oxygen atoms in total. The molecule has 0 atom stereocenters. The molecule has 0 amide bonds. The van der Waals surface area contributed by atoms with E-state index < -0.39 is 5.97 Å². The first kappa shape index (κ1) is 10.5. The Morgan fingerprint density at radius 3 is 2.94 bits per heavy atom. The van der Waals surface area contributed by atoms with Crippen LogP contribution in [-0.2, 0) is 11.3 Å². The Hall–Kier alpha value is -2.04. The van der Waals surface area contributed by atoms with Crippen LogP contribution in [0, 0.1) is 6.92 Å². The molecule has 2 rings (SSSR count). The fraction of sp³-hybridized carbons (Fsp3) is 0.273. The van der Waals surface area contributed by atoms with Crippen molar-refractivity contribution in [2.45, 2.75) is 19.9 Å². The number of carboxylic acid groups (broad SMARTS) is 1. The van der Waals surface area contributed by atoms with Gasteiger partial charge in [0.05, 0.1) is 29.6 Å². The molecular weight excluding hydrogens is 208 g/mol. The van der Waals surface area contributed by atoms with Crippen molar-refractivity contribution in [2.24, 2.45) is 0 Å². The van der Waals surface area contributed by atoms with Gasteiger partial charge in [0.15, 0.2) is 0 Å². The molecule has 0 aliphatic rings. The van der Waals surface area contributed by atoms with Crippen LogP contribution < -0.4 is 0 Å². The van der Waals surface area contributed by atoms with E-state index in [1.165, 1.54) is 0 Å². The summed E-state index contributed by atoms with van der Waals surface area (Å²) in [6.07, 6.45) is 0.0197. The zero-order chi connectivity index (χ0) is 11.7. The van der Waals surface area contributed by atoms with Crippen LogP contribution in [0.1, 0.15) is 12.1 Å². The number of phenolic OH excluding ortho intramolecular Hbond substituents is 1. The molecule has 0 saturated carbocycles. The Labute approximate surface area is 91.9 Å². The van der Waals surface area contributed by atoms with Crippen LogP contribution in [0.2, 0.25) is 0 Å². The molecule has 0 fully saturated rings. The Morgan fingerprint density at radius 2 is 2.25 bits per heavy atom. The Kier molecular flexibility index (Phi) is 2.52. The normalized spacial score (nSPS) is 10.8. The molecule has 1 aromatic carbocycles. The summed E-state index contributed by atoms with van der Waals surface area (Å²) in [4.78, 5) is 10.5. The summed E-state index contributed by atoms with van der Waals surface area (Å²) < 4.78 is 1.61. The van der Waals surface area contributed by atoms with E-state index in [0.717, 1.165) is 5.52 Å². The molecule has 84 valence electrons. The number of aliphatic carboxylic acids is 1. The van der Waals surface area contributed by atoms with Crippen molar-refractivity contribution >= 4 is 16.9 Å². The SMILES string of the molecule is Cc1nn(CCC(=O)O)c2cccc(O)c12. The number of fused-ring (bicyclic) bond motifs is 1. The lowest BCUT2D eigenvalue weighted by Gasteiger charge is -2.00. The van der Waals surface area contributed by atoms with Crippen LogP contribution in [0.15, 0.2) is 18.2 Å². The molecule has 2 N–H and O–H groups in total. The maximum absolute atomic E-state index is 10.5. The number of aromatic hydroxyl groups is 1. The molecule has 0 saturated heterocycles. The minimum atomic E-state index is -0.860. The number of hydrogen-bond acceptors (Lipinski definition) is 3. The number of aromatic nitrogens is 2. The Morgan fingerprint density at radius 1 is 1.50 bits per heavy atom. The maximum atomic E-state index is 10.5. The number of phenols is 1. The second-order valence-corrected chi connectivity index (χ2v) is 3.62. The predicted octanol–water partition coefficient (Wildman–Crippen LogP) is 1.53. The number of rotatable bonds is 3. The molecule has 5 heteroatoms. The molecule has 0 bridgehead atoms. The van der Waals surface area contributed by atoms with E-state index in [4.69, 9.17) is 5.11 Å². The van der Waals surface area contributed by atoms with Crippen molar-refractivity contribution in [1.82, 2.24) is 9.78 Å². The van der Waals surface area contributed by atoms with Crippen LogP contribution in [0.5, 0.6) is 5.75 Å². The van der Waals surface area contributed by atoms with Crippen molar-refractivity contribution in [2.75, 3.05) is 0 Å². The van der Waals surface area contributed by atoms with Gasteiger partial charge in [-0.2, -0.15) is 5.10 Å². The van der Waals surface area contributed by atoms with Crippen molar-refractivity contribution in [3.05, 3.63) is 23.9 Å². The summed E-state index contributed by atoms with van der Waals surface area (Å²) >= 11 is 0. The fourth-order valence-corrected chi connectivity index (χ4v) is 1.77. The van der Waals surface area contributed by atoms with Gasteiger partial charge in [0.1, 0.15) is 5.75 Å². The van der Waals surface area contributed by atoms with Gasteiger partial charge in [-0.05, 0) is 19.1 Å². The molecule has 0 unspecified atom stereocenters. The van der Waals surface area contributed by atoms with E-state index in [2.05, 4.69) is 5.10 Å². The highest BCUT2D eigenvalue weighted by atomic mass is 16.4. The molecule has 16 heavy (non-hydrogen) atoms. The van der Waals surface area contributed by atoms with Crippen molar-refractivity contribution < 1.29 is 15.0 Å². The first-order chi connectivity index (χ1) is 7.59. The number of nitrogens with zero attached hydrogens (tertiary/aromatic N) is 2. The smallest absolute Gasteiger partial charge is 0.305 e. The molecule has 2 aromatic rings. The van der Waals surface area contributed by atoms with E-state index >= 15 is 0 Å². The summed E-state index contributed by atoms with van der Waals surface area (Å²) in [5, 5.41) is 23.2. The van der Waals surface area contributed by atoms with Gasteiger partial charge in [-0.1, -0.05) is 6.07 Å². The number of carboxylic acids is 1. The van der Waals surface area contributed by atoms with E-state index in [0.29, 0.717) is 17.6 Å². The molecule has 0 aliphatic heterocycles. The van der Waals surface area contributed by atoms with Gasteiger partial charge in [-0.25, -0.2) is 0 Å². The van der Waals surface area contributed by atoms with Gasteiger partial charge in [-0.15, -0.1) is 0 Å². The lowest BCUT2D eigenvalue weighted by atomic mass is 10.2. The van der Waals surface area contributed by atoms with Crippen LogP contribution in [0.25, 0.3) is 10.9 Å². The second kappa shape index (κ2) is 3.84. The van der Waals surface area contributed by atoms with Gasteiger partial charge >= 0.3 is 5.97 Å². The van der Waals surface area contributed by atoms with Crippen molar-refractivity contribution in [3.63, 3.8) is 0 Å². The minimum Gasteiger partial charge on any atom is -0.507 e. The zero-order valence-electron chi connectivity index (χ0n) is 8.84. The lowest BCUT2D eigenvalue weighted by molar-refractivity contribution is -0.137. The Balaban J connectivity index is 2.47. The largest absolute Gasteiger partial charge is 0.507 e. The number of aryl methyl sites for hydroxylation is 2. The average Bonchev–Trinajstić information content (AvgIpc) is 2.54. The van der Waals surface area contributed by atoms with E-state index in [1.807, 2.05) is 6.07 Å². The fourth-order valence-electron chi connectivity index (χ4n) is 1.77. The van der Waals surface area contributed by atoms with E-state index in [1.54, 1.807) is 23.7 Å². The van der Waals surface area contributed by atoms with Crippen molar-refractivity contribution in [1.29, 1.82) is 0 Å². The third kappa shape index (κ3) is 1.71. The molecular formula is C11H12N2O3. The first-order valence-electron chi connectivity index (χ1n) is 4.96. The van der Waals surface area contributed by atoms with E-state index in [9.17, 15) is 9.90 Å². The van der Waals surface area contributed by atoms with Crippen LogP contribution in [0.3, 0.4) is 0 Å².